The predicted octanol–water partition coefficient (Wildman–Crippen LogP) is 0.312. The van der Waals surface area contributed by atoms with E-state index in [0.29, 0.717) is 19.5 Å². The molecule has 0 aliphatic carbocycles. The van der Waals surface area contributed by atoms with Crippen LogP contribution in [-0.4, -0.2) is 55.9 Å². The summed E-state index contributed by atoms with van der Waals surface area (Å²) in [5.41, 5.74) is 4.79. The van der Waals surface area contributed by atoms with Gasteiger partial charge in [0.15, 0.2) is 5.96 Å². The fraction of sp³-hybridized carbons (Fsp3) is 0.812. The molecule has 1 unspecified atom stereocenters. The number of likely N-dealkylation sites (tertiary alicyclic amines) is 1. The second kappa shape index (κ2) is 8.74. The van der Waals surface area contributed by atoms with Crippen molar-refractivity contribution >= 4 is 17.8 Å². The molecule has 1 rings (SSSR count). The lowest BCUT2D eigenvalue weighted by molar-refractivity contribution is -0.129. The molecule has 2 amide bonds. The molecule has 23 heavy (non-hydrogen) atoms. The minimum absolute atomic E-state index is 0.0215. The number of rotatable bonds is 6. The molecular formula is C16H31N5O2. The zero-order valence-electron chi connectivity index (χ0n) is 14.8. The van der Waals surface area contributed by atoms with Gasteiger partial charge in [-0.1, -0.05) is 0 Å². The van der Waals surface area contributed by atoms with Gasteiger partial charge in [0.25, 0.3) is 0 Å². The first-order valence-corrected chi connectivity index (χ1v) is 8.32. The summed E-state index contributed by atoms with van der Waals surface area (Å²) in [6, 6.07) is 0. The summed E-state index contributed by atoms with van der Waals surface area (Å²) < 4.78 is 0. The van der Waals surface area contributed by atoms with Crippen molar-refractivity contribution in [3.63, 3.8) is 0 Å². The van der Waals surface area contributed by atoms with E-state index in [0.717, 1.165) is 31.9 Å². The lowest BCUT2D eigenvalue weighted by Crippen LogP contribution is -2.51. The third-order valence-electron chi connectivity index (χ3n) is 4.16. The predicted molar refractivity (Wildman–Crippen MR) is 91.9 cm³/mol. The topological polar surface area (TPSA) is 99.8 Å². The van der Waals surface area contributed by atoms with E-state index < -0.39 is 5.41 Å². The lowest BCUT2D eigenvalue weighted by atomic mass is 9.92. The van der Waals surface area contributed by atoms with Crippen LogP contribution in [0.25, 0.3) is 0 Å². The van der Waals surface area contributed by atoms with Crippen LogP contribution in [0.5, 0.6) is 0 Å². The first-order chi connectivity index (χ1) is 10.8. The van der Waals surface area contributed by atoms with Gasteiger partial charge in [-0.3, -0.25) is 14.6 Å². The number of piperidine rings is 1. The Morgan fingerprint density at radius 1 is 1.35 bits per heavy atom. The van der Waals surface area contributed by atoms with Crippen molar-refractivity contribution in [1.29, 1.82) is 0 Å². The lowest BCUT2D eigenvalue weighted by Gasteiger charge is -2.35. The Labute approximate surface area is 139 Å². The largest absolute Gasteiger partial charge is 0.370 e. The quantitative estimate of drug-likeness (QED) is 0.483. The first-order valence-electron chi connectivity index (χ1n) is 8.32. The van der Waals surface area contributed by atoms with E-state index in [4.69, 9.17) is 5.73 Å². The average molecular weight is 325 g/mol. The fourth-order valence-electron chi connectivity index (χ4n) is 2.82. The van der Waals surface area contributed by atoms with E-state index in [1.807, 2.05) is 20.8 Å². The molecule has 1 fully saturated rings. The average Bonchev–Trinajstić information content (AvgIpc) is 2.47. The summed E-state index contributed by atoms with van der Waals surface area (Å²) in [5.74, 6) is 0.818. The number of amides is 2. The molecule has 0 aromatic rings. The highest BCUT2D eigenvalue weighted by Crippen LogP contribution is 2.20. The molecule has 1 heterocycles. The molecule has 1 aliphatic heterocycles. The fourth-order valence-corrected chi connectivity index (χ4v) is 2.82. The van der Waals surface area contributed by atoms with E-state index >= 15 is 0 Å². The number of primary amides is 1. The van der Waals surface area contributed by atoms with Crippen LogP contribution in [0.4, 0.5) is 0 Å². The van der Waals surface area contributed by atoms with Crippen molar-refractivity contribution in [2.45, 2.75) is 40.0 Å². The molecular weight excluding hydrogens is 294 g/mol. The maximum atomic E-state index is 12.1. The van der Waals surface area contributed by atoms with E-state index in [1.54, 1.807) is 7.05 Å². The molecule has 7 heteroatoms. The Hall–Kier alpha value is -1.79. The summed E-state index contributed by atoms with van der Waals surface area (Å²) in [5, 5.41) is 6.14. The van der Waals surface area contributed by atoms with Crippen molar-refractivity contribution in [3.05, 3.63) is 0 Å². The third-order valence-corrected chi connectivity index (χ3v) is 4.16. The van der Waals surface area contributed by atoms with E-state index in [9.17, 15) is 9.59 Å². The number of hydrogen-bond acceptors (Lipinski definition) is 3. The number of nitrogens with one attached hydrogen (secondary N) is 2. The number of nitrogens with zero attached hydrogens (tertiary/aromatic N) is 2. The van der Waals surface area contributed by atoms with Crippen LogP contribution in [0.1, 0.15) is 40.0 Å². The van der Waals surface area contributed by atoms with Gasteiger partial charge in [0.1, 0.15) is 0 Å². The molecule has 0 radical (unpaired) electrons. The van der Waals surface area contributed by atoms with Crippen molar-refractivity contribution in [3.8, 4) is 0 Å². The number of carbonyl (C=O) groups is 2. The normalized spacial score (nSPS) is 19.4. The van der Waals surface area contributed by atoms with Crippen molar-refractivity contribution in [2.24, 2.45) is 22.1 Å². The molecule has 132 valence electrons. The molecule has 7 nitrogen and oxygen atoms in total. The molecule has 0 spiro atoms. The van der Waals surface area contributed by atoms with Gasteiger partial charge in [-0.2, -0.15) is 0 Å². The van der Waals surface area contributed by atoms with Crippen molar-refractivity contribution in [2.75, 3.05) is 33.2 Å². The maximum absolute atomic E-state index is 12.1. The van der Waals surface area contributed by atoms with Crippen LogP contribution in [0, 0.1) is 11.3 Å². The Morgan fingerprint density at radius 2 is 2.04 bits per heavy atom. The summed E-state index contributed by atoms with van der Waals surface area (Å²) in [6.45, 7) is 8.52. The molecule has 1 saturated heterocycles. The zero-order chi connectivity index (χ0) is 17.5. The highest BCUT2D eigenvalue weighted by atomic mass is 16.2. The Morgan fingerprint density at radius 3 is 2.61 bits per heavy atom. The molecule has 0 aromatic carbocycles. The number of nitrogens with two attached hydrogens (primary N) is 1. The second-order valence-electron chi connectivity index (χ2n) is 6.77. The summed E-state index contributed by atoms with van der Waals surface area (Å²) in [7, 11) is 1.74. The van der Waals surface area contributed by atoms with Gasteiger partial charge < -0.3 is 21.3 Å². The van der Waals surface area contributed by atoms with E-state index in [-0.39, 0.29) is 17.7 Å². The van der Waals surface area contributed by atoms with Gasteiger partial charge in [-0.15, -0.1) is 0 Å². The van der Waals surface area contributed by atoms with Gasteiger partial charge in [0, 0.05) is 39.6 Å². The monoisotopic (exact) mass is 325 g/mol. The number of carbonyl (C=O) groups excluding carboxylic acids is 2. The number of hydrogen-bond donors (Lipinski definition) is 3. The SMILES string of the molecule is CCNC(=O)C(C)(C)CNC(=NC)N1CCCC(CC(N)=O)C1. The summed E-state index contributed by atoms with van der Waals surface area (Å²) in [4.78, 5) is 29.6. The van der Waals surface area contributed by atoms with Crippen LogP contribution < -0.4 is 16.4 Å². The molecule has 1 aliphatic rings. The molecule has 0 aromatic heterocycles. The van der Waals surface area contributed by atoms with E-state index in [2.05, 4.69) is 20.5 Å². The molecule has 4 N–H and O–H groups in total. The first kappa shape index (κ1) is 19.3. The standard InChI is InChI=1S/C16H31N5O2/c1-5-19-14(23)16(2,3)11-20-15(18-4)21-8-6-7-12(10-21)9-13(17)22/h12H,5-11H2,1-4H3,(H2,17,22)(H,18,20)(H,19,23). The molecule has 0 saturated carbocycles. The highest BCUT2D eigenvalue weighted by molar-refractivity contribution is 5.84. The van der Waals surface area contributed by atoms with Crippen molar-refractivity contribution in [1.82, 2.24) is 15.5 Å². The van der Waals surface area contributed by atoms with Crippen LogP contribution in [-0.2, 0) is 9.59 Å². The van der Waals surface area contributed by atoms with Crippen LogP contribution in [0.2, 0.25) is 0 Å². The Balaban J connectivity index is 2.60. The van der Waals surface area contributed by atoms with Gasteiger partial charge in [0.2, 0.25) is 11.8 Å². The molecule has 0 bridgehead atoms. The van der Waals surface area contributed by atoms with Gasteiger partial charge >= 0.3 is 0 Å². The van der Waals surface area contributed by atoms with Crippen LogP contribution in [0.15, 0.2) is 4.99 Å². The molecule has 1 atom stereocenters. The Kier molecular flexibility index (Phi) is 7.32. The van der Waals surface area contributed by atoms with Crippen LogP contribution >= 0.6 is 0 Å². The van der Waals surface area contributed by atoms with Gasteiger partial charge in [0.05, 0.1) is 5.41 Å². The zero-order valence-corrected chi connectivity index (χ0v) is 14.8. The third kappa shape index (κ3) is 6.08. The Bertz CT molecular complexity index is 448. The highest BCUT2D eigenvalue weighted by Gasteiger charge is 2.29. The maximum Gasteiger partial charge on any atom is 0.227 e. The minimum Gasteiger partial charge on any atom is -0.370 e. The van der Waals surface area contributed by atoms with Gasteiger partial charge in [-0.25, -0.2) is 0 Å². The number of aliphatic imine (C=N–C) groups is 1. The van der Waals surface area contributed by atoms with Gasteiger partial charge in [-0.05, 0) is 39.5 Å². The summed E-state index contributed by atoms with van der Waals surface area (Å²) >= 11 is 0. The van der Waals surface area contributed by atoms with E-state index in [1.165, 1.54) is 0 Å². The minimum atomic E-state index is -0.519. The van der Waals surface area contributed by atoms with Crippen LogP contribution in [0.3, 0.4) is 0 Å². The summed E-state index contributed by atoms with van der Waals surface area (Å²) in [6.07, 6.45) is 2.44. The second-order valence-corrected chi connectivity index (χ2v) is 6.77. The van der Waals surface area contributed by atoms with Crippen molar-refractivity contribution < 1.29 is 9.59 Å². The number of guanidine groups is 1. The smallest absolute Gasteiger partial charge is 0.227 e.